The maximum atomic E-state index is 13.5. The van der Waals surface area contributed by atoms with Crippen molar-refractivity contribution in [3.05, 3.63) is 54.1 Å². The van der Waals surface area contributed by atoms with Crippen molar-refractivity contribution in [3.8, 4) is 11.1 Å². The number of fused-ring (bicyclic) bond motifs is 1. The fourth-order valence-corrected chi connectivity index (χ4v) is 4.03. The molecule has 3 rings (SSSR count). The fraction of sp³-hybridized carbons (Fsp3) is 0.385. The van der Waals surface area contributed by atoms with Gasteiger partial charge in [-0.15, -0.1) is 0 Å². The van der Waals surface area contributed by atoms with Gasteiger partial charge >= 0.3 is 6.18 Å². The Bertz CT molecular complexity index is 1150. The van der Waals surface area contributed by atoms with E-state index in [1.807, 2.05) is 29.2 Å². The molecular formula is C26H31F3N4O. The topological polar surface area (TPSA) is 71.2 Å². The van der Waals surface area contributed by atoms with Crippen molar-refractivity contribution in [1.29, 1.82) is 0 Å². The molecule has 3 N–H and O–H groups in total. The number of hydrogen-bond donors (Lipinski definition) is 2. The number of hydrogen-bond acceptors (Lipinski definition) is 4. The molecule has 0 fully saturated rings. The zero-order valence-electron chi connectivity index (χ0n) is 19.9. The first-order valence-electron chi connectivity index (χ1n) is 11.3. The van der Waals surface area contributed by atoms with Crippen molar-refractivity contribution in [2.75, 3.05) is 30.7 Å². The van der Waals surface area contributed by atoms with Gasteiger partial charge in [-0.3, -0.25) is 9.69 Å². The van der Waals surface area contributed by atoms with E-state index in [9.17, 15) is 18.0 Å². The highest BCUT2D eigenvalue weighted by atomic mass is 19.4. The van der Waals surface area contributed by atoms with Crippen LogP contribution in [0.2, 0.25) is 0 Å². The zero-order chi connectivity index (χ0) is 25.0. The SMILES string of the molecule is CC(C)CN(CC(=O)Nc1cc(C(F)(F)F)ccc1-c1cc2ccccc2nc1N)CC(C)C. The number of anilines is 2. The number of aromatic nitrogens is 1. The Balaban J connectivity index is 2.00. The minimum absolute atomic E-state index is 0.0534. The zero-order valence-corrected chi connectivity index (χ0v) is 19.9. The van der Waals surface area contributed by atoms with E-state index in [-0.39, 0.29) is 24.0 Å². The summed E-state index contributed by atoms with van der Waals surface area (Å²) in [7, 11) is 0. The third kappa shape index (κ3) is 6.47. The number of pyridine rings is 1. The van der Waals surface area contributed by atoms with E-state index < -0.39 is 11.7 Å². The van der Waals surface area contributed by atoms with Crippen LogP contribution in [0.15, 0.2) is 48.5 Å². The average molecular weight is 473 g/mol. The number of nitrogens with one attached hydrogen (secondary N) is 1. The molecule has 0 saturated heterocycles. The van der Waals surface area contributed by atoms with Gasteiger partial charge in [0.1, 0.15) is 5.82 Å². The average Bonchev–Trinajstić information content (AvgIpc) is 2.71. The summed E-state index contributed by atoms with van der Waals surface area (Å²) in [5, 5.41) is 3.51. The second kappa shape index (κ2) is 10.4. The number of para-hydroxylation sites is 1. The Labute approximate surface area is 198 Å². The lowest BCUT2D eigenvalue weighted by molar-refractivity contribution is -0.137. The molecular weight excluding hydrogens is 441 g/mol. The van der Waals surface area contributed by atoms with Gasteiger partial charge in [0.05, 0.1) is 17.6 Å². The standard InChI is InChI=1S/C26H31F3N4O/c1-16(2)13-33(14-17(3)4)15-24(34)31-23-12-19(26(27,28)29)9-10-20(23)21-11-18-7-5-6-8-22(18)32-25(21)30/h5-12,16-17H,13-15H2,1-4H3,(H2,30,32)(H,31,34). The van der Waals surface area contributed by atoms with Crippen LogP contribution >= 0.6 is 0 Å². The van der Waals surface area contributed by atoms with Crippen LogP contribution in [0.25, 0.3) is 22.0 Å². The molecule has 0 bridgehead atoms. The summed E-state index contributed by atoms with van der Waals surface area (Å²) in [6, 6.07) is 12.4. The van der Waals surface area contributed by atoms with Crippen molar-refractivity contribution < 1.29 is 18.0 Å². The summed E-state index contributed by atoms with van der Waals surface area (Å²) in [6.07, 6.45) is -4.55. The molecule has 1 heterocycles. The van der Waals surface area contributed by atoms with Gasteiger partial charge in [-0.1, -0.05) is 52.0 Å². The van der Waals surface area contributed by atoms with Crippen molar-refractivity contribution in [2.45, 2.75) is 33.9 Å². The van der Waals surface area contributed by atoms with Gasteiger partial charge in [-0.2, -0.15) is 13.2 Å². The quantitative estimate of drug-likeness (QED) is 0.418. The third-order valence-electron chi connectivity index (χ3n) is 5.28. The van der Waals surface area contributed by atoms with Crippen molar-refractivity contribution in [3.63, 3.8) is 0 Å². The molecule has 0 aliphatic rings. The molecule has 1 aromatic heterocycles. The molecule has 0 unspecified atom stereocenters. The van der Waals surface area contributed by atoms with Crippen LogP contribution in [0.4, 0.5) is 24.7 Å². The number of carbonyl (C=O) groups excluding carboxylic acids is 1. The maximum absolute atomic E-state index is 13.5. The van der Waals surface area contributed by atoms with E-state index >= 15 is 0 Å². The van der Waals surface area contributed by atoms with Gasteiger partial charge in [-0.25, -0.2) is 4.98 Å². The molecule has 3 aromatic rings. The monoisotopic (exact) mass is 472 g/mol. The number of amides is 1. The van der Waals surface area contributed by atoms with Crippen LogP contribution < -0.4 is 11.1 Å². The molecule has 8 heteroatoms. The third-order valence-corrected chi connectivity index (χ3v) is 5.28. The Hall–Kier alpha value is -3.13. The Morgan fingerprint density at radius 1 is 1.00 bits per heavy atom. The molecule has 182 valence electrons. The van der Waals surface area contributed by atoms with Crippen LogP contribution in [0.1, 0.15) is 33.3 Å². The minimum atomic E-state index is -4.55. The second-order valence-corrected chi connectivity index (χ2v) is 9.40. The molecule has 0 atom stereocenters. The van der Waals surface area contributed by atoms with Crippen LogP contribution in [0.3, 0.4) is 0 Å². The van der Waals surface area contributed by atoms with Crippen LogP contribution in [-0.2, 0) is 11.0 Å². The number of nitrogens with zero attached hydrogens (tertiary/aromatic N) is 2. The van der Waals surface area contributed by atoms with E-state index in [2.05, 4.69) is 38.0 Å². The lowest BCUT2D eigenvalue weighted by atomic mass is 10.00. The summed E-state index contributed by atoms with van der Waals surface area (Å²) < 4.78 is 40.4. The van der Waals surface area contributed by atoms with Gasteiger partial charge in [0.15, 0.2) is 0 Å². The number of benzene rings is 2. The largest absolute Gasteiger partial charge is 0.416 e. The summed E-state index contributed by atoms with van der Waals surface area (Å²) in [5.74, 6) is 0.489. The Morgan fingerprint density at radius 2 is 1.65 bits per heavy atom. The van der Waals surface area contributed by atoms with E-state index in [0.717, 1.165) is 17.5 Å². The number of rotatable bonds is 8. The summed E-state index contributed by atoms with van der Waals surface area (Å²) in [4.78, 5) is 19.4. The maximum Gasteiger partial charge on any atom is 0.416 e. The van der Waals surface area contributed by atoms with Gasteiger partial charge < -0.3 is 11.1 Å². The highest BCUT2D eigenvalue weighted by Gasteiger charge is 2.31. The first kappa shape index (κ1) is 25.5. The van der Waals surface area contributed by atoms with Crippen molar-refractivity contribution in [2.24, 2.45) is 11.8 Å². The molecule has 1 amide bonds. The Morgan fingerprint density at radius 3 is 2.26 bits per heavy atom. The molecule has 0 saturated carbocycles. The van der Waals surface area contributed by atoms with Crippen molar-refractivity contribution in [1.82, 2.24) is 9.88 Å². The fourth-order valence-electron chi connectivity index (χ4n) is 4.03. The minimum Gasteiger partial charge on any atom is -0.383 e. The normalized spacial score (nSPS) is 12.2. The van der Waals surface area contributed by atoms with Crippen LogP contribution in [-0.4, -0.2) is 35.4 Å². The van der Waals surface area contributed by atoms with E-state index in [1.54, 1.807) is 6.07 Å². The molecule has 0 aliphatic carbocycles. The van der Waals surface area contributed by atoms with Crippen LogP contribution in [0.5, 0.6) is 0 Å². The molecule has 0 radical (unpaired) electrons. The summed E-state index contributed by atoms with van der Waals surface area (Å²) >= 11 is 0. The van der Waals surface area contributed by atoms with Crippen LogP contribution in [0, 0.1) is 11.8 Å². The predicted molar refractivity (Wildman–Crippen MR) is 131 cm³/mol. The lowest BCUT2D eigenvalue weighted by Gasteiger charge is -2.25. The number of alkyl halides is 3. The molecule has 0 aliphatic heterocycles. The van der Waals surface area contributed by atoms with E-state index in [1.165, 1.54) is 6.07 Å². The smallest absolute Gasteiger partial charge is 0.383 e. The Kier molecular flexibility index (Phi) is 7.82. The highest BCUT2D eigenvalue weighted by Crippen LogP contribution is 2.38. The summed E-state index contributed by atoms with van der Waals surface area (Å²) in [5.41, 5.74) is 6.91. The molecule has 2 aromatic carbocycles. The second-order valence-electron chi connectivity index (χ2n) is 9.40. The predicted octanol–water partition coefficient (Wildman–Crippen LogP) is 6.06. The van der Waals surface area contributed by atoms with Crippen molar-refractivity contribution >= 4 is 28.3 Å². The molecule has 0 spiro atoms. The van der Waals surface area contributed by atoms with Gasteiger partial charge in [0.25, 0.3) is 0 Å². The van der Waals surface area contributed by atoms with Gasteiger partial charge in [-0.05, 0) is 36.1 Å². The van der Waals surface area contributed by atoms with E-state index in [0.29, 0.717) is 41.6 Å². The number of nitrogen functional groups attached to an aromatic ring is 1. The number of nitrogens with two attached hydrogens (primary N) is 1. The van der Waals surface area contributed by atoms with Gasteiger partial charge in [0, 0.05) is 35.3 Å². The first-order valence-corrected chi connectivity index (χ1v) is 11.3. The first-order chi connectivity index (χ1) is 15.9. The number of carbonyl (C=O) groups is 1. The lowest BCUT2D eigenvalue weighted by Crippen LogP contribution is -2.38. The number of halogens is 3. The molecule has 34 heavy (non-hydrogen) atoms. The van der Waals surface area contributed by atoms with Gasteiger partial charge in [0.2, 0.25) is 5.91 Å². The molecule has 5 nitrogen and oxygen atoms in total. The summed E-state index contributed by atoms with van der Waals surface area (Å²) in [6.45, 7) is 9.75. The highest BCUT2D eigenvalue weighted by molar-refractivity contribution is 5.99. The van der Waals surface area contributed by atoms with E-state index in [4.69, 9.17) is 5.73 Å².